The second kappa shape index (κ2) is 14.9. The smallest absolute Gasteiger partial charge is 0.657 e. The molecule has 51 heavy (non-hydrogen) atoms. The fourth-order valence-electron chi connectivity index (χ4n) is 7.35. The molecule has 0 saturated carbocycles. The molecule has 3 aliphatic rings. The van der Waals surface area contributed by atoms with E-state index in [9.17, 15) is 19.2 Å². The number of hydrogen-bond donors (Lipinski definition) is 1. The van der Waals surface area contributed by atoms with Crippen molar-refractivity contribution in [3.63, 3.8) is 0 Å². The van der Waals surface area contributed by atoms with Crippen molar-refractivity contribution in [2.24, 2.45) is 17.8 Å². The zero-order chi connectivity index (χ0) is 36.0. The molecule has 1 N–H and O–H groups in total. The van der Waals surface area contributed by atoms with Gasteiger partial charge in [0.1, 0.15) is 18.8 Å². The number of ketones is 1. The van der Waals surface area contributed by atoms with Crippen LogP contribution in [-0.4, -0.2) is 60.8 Å². The molecule has 1 aliphatic carbocycles. The molecule has 8 bridgehead atoms. The predicted molar refractivity (Wildman–Crippen MR) is 196 cm³/mol. The van der Waals surface area contributed by atoms with E-state index in [1.807, 2.05) is 52.8 Å². The number of hydrogen-bond acceptors (Lipinski definition) is 7. The van der Waals surface area contributed by atoms with Crippen molar-refractivity contribution < 1.29 is 28.7 Å². The molecule has 260 valence electrons. The summed E-state index contributed by atoms with van der Waals surface area (Å²) in [4.78, 5) is 67.7. The van der Waals surface area contributed by atoms with Crippen molar-refractivity contribution >= 4 is 76.9 Å². The largest absolute Gasteiger partial charge is 2.00 e. The van der Waals surface area contributed by atoms with Crippen molar-refractivity contribution in [1.82, 2.24) is 20.3 Å². The van der Waals surface area contributed by atoms with E-state index < -0.39 is 17.7 Å². The Hall–Kier alpha value is -4.61. The van der Waals surface area contributed by atoms with Gasteiger partial charge >= 0.3 is 35.0 Å². The SMILES string of the molecule is C=Cc1c2[n-]c(c1C)/C=C1\N/C(=C3\c4[n-]c(c(C)c4C(=O)[C@@H]3C(=O)OC)/C=c3/[n-]/c(c(C=O)c3CC)=C\2)[C@@H](CCC(=O)OCC=C(C)C)[C@@H]1C.[Mg+2]. The summed E-state index contributed by atoms with van der Waals surface area (Å²) in [5.41, 5.74) is 9.08. The van der Waals surface area contributed by atoms with E-state index in [1.54, 1.807) is 19.1 Å². The predicted octanol–water partition coefficient (Wildman–Crippen LogP) is 3.67. The second-order valence-corrected chi connectivity index (χ2v) is 13.3. The number of nitrogens with one attached hydrogen (secondary N) is 1. The van der Waals surface area contributed by atoms with E-state index >= 15 is 0 Å². The molecule has 3 aromatic rings. The van der Waals surface area contributed by atoms with Crippen LogP contribution in [0.1, 0.15) is 106 Å². The maximum Gasteiger partial charge on any atom is 2.00 e. The van der Waals surface area contributed by atoms with Crippen LogP contribution >= 0.6 is 0 Å². The maximum absolute atomic E-state index is 14.2. The van der Waals surface area contributed by atoms with E-state index in [0.717, 1.165) is 34.2 Å². The van der Waals surface area contributed by atoms with Gasteiger partial charge in [0, 0.05) is 40.8 Å². The van der Waals surface area contributed by atoms with E-state index in [4.69, 9.17) is 24.4 Å². The van der Waals surface area contributed by atoms with Crippen molar-refractivity contribution in [1.29, 1.82) is 0 Å². The third-order valence-corrected chi connectivity index (χ3v) is 10.1. The molecule has 5 heterocycles. The number of Topliss-reactive ketones (excluding diaryl/α,β-unsaturated/α-hetero) is 1. The van der Waals surface area contributed by atoms with Crippen LogP contribution in [0.2, 0.25) is 0 Å². The molecule has 3 atom stereocenters. The van der Waals surface area contributed by atoms with Crippen LogP contribution in [0.5, 0.6) is 0 Å². The number of ether oxygens (including phenoxy) is 2. The molecule has 0 spiro atoms. The summed E-state index contributed by atoms with van der Waals surface area (Å²) in [6.45, 7) is 15.9. The molecule has 1 fully saturated rings. The van der Waals surface area contributed by atoms with Crippen LogP contribution in [0.15, 0.2) is 29.6 Å². The van der Waals surface area contributed by atoms with Gasteiger partial charge in [0.2, 0.25) is 0 Å². The summed E-state index contributed by atoms with van der Waals surface area (Å²) in [5.74, 6) is -3.10. The molecule has 11 heteroatoms. The van der Waals surface area contributed by atoms with Crippen molar-refractivity contribution in [3.8, 4) is 0 Å². The Morgan fingerprint density at radius 1 is 1.00 bits per heavy atom. The third kappa shape index (κ3) is 6.53. The summed E-state index contributed by atoms with van der Waals surface area (Å²) >= 11 is 0. The summed E-state index contributed by atoms with van der Waals surface area (Å²) in [7, 11) is 1.26. The summed E-state index contributed by atoms with van der Waals surface area (Å²) in [6.07, 6.45) is 11.0. The van der Waals surface area contributed by atoms with E-state index in [1.165, 1.54) is 7.11 Å². The molecule has 0 amide bonds. The number of esters is 2. The summed E-state index contributed by atoms with van der Waals surface area (Å²) in [5, 5.41) is 4.63. The number of carbonyl (C=O) groups is 4. The minimum absolute atomic E-state index is 0. The number of carbonyl (C=O) groups excluding carboxylic acids is 4. The van der Waals surface area contributed by atoms with Crippen LogP contribution in [0.4, 0.5) is 0 Å². The Balaban J connectivity index is 0.00000504. The Labute approximate surface area is 313 Å². The molecule has 6 rings (SSSR count). The van der Waals surface area contributed by atoms with Gasteiger partial charge in [0.05, 0.1) is 7.11 Å². The average molecular weight is 698 g/mol. The minimum atomic E-state index is -1.23. The molecule has 0 unspecified atom stereocenters. The molecular weight excluding hydrogens is 657 g/mol. The summed E-state index contributed by atoms with van der Waals surface area (Å²) in [6, 6.07) is 0. The zero-order valence-corrected chi connectivity index (χ0v) is 31.6. The third-order valence-electron chi connectivity index (χ3n) is 10.1. The van der Waals surface area contributed by atoms with E-state index in [0.29, 0.717) is 74.3 Å². The van der Waals surface area contributed by atoms with Crippen molar-refractivity contribution in [2.45, 2.75) is 60.8 Å². The Kier molecular flexibility index (Phi) is 11.0. The first-order valence-corrected chi connectivity index (χ1v) is 16.9. The van der Waals surface area contributed by atoms with Gasteiger partial charge < -0.3 is 29.7 Å². The first-order valence-electron chi connectivity index (χ1n) is 16.9. The first-order chi connectivity index (χ1) is 23.9. The van der Waals surface area contributed by atoms with Gasteiger partial charge in [-0.05, 0) is 57.7 Å². The number of aromatic nitrogens is 3. The van der Waals surface area contributed by atoms with E-state index in [-0.39, 0.29) is 53.9 Å². The molecular formula is C40H41MgN4O6-. The van der Waals surface area contributed by atoms with E-state index in [2.05, 4.69) is 11.9 Å². The standard InChI is InChI=1S/C40H42N4O6.Mg/c1-9-23-20(5)27-15-28-21(6)25(11-12-33(46)50-14-13-19(3)4)37(43-28)35-36(40(48)49-8)39(47)34-22(7)29(44-38(34)35)16-31-24(10-2)26(18-45)32(42-31)17-30(23)41-27;/h9,13,15-18,21,25,36H,1,10-12,14H2,2-8H3,(H2,43,44,45,47);/q-2;+2/p-1/b28-15-,32-17-;/t21-,25-,36+;/m0./s1. The minimum Gasteiger partial charge on any atom is -0.657 e. The number of aldehydes is 1. The van der Waals surface area contributed by atoms with Gasteiger partial charge in [-0.3, -0.25) is 19.2 Å². The van der Waals surface area contributed by atoms with Gasteiger partial charge in [-0.1, -0.05) is 67.0 Å². The molecule has 2 aliphatic heterocycles. The Morgan fingerprint density at radius 3 is 2.35 bits per heavy atom. The molecule has 3 aromatic heterocycles. The molecule has 10 nitrogen and oxygen atoms in total. The monoisotopic (exact) mass is 697 g/mol. The number of rotatable bonds is 9. The van der Waals surface area contributed by atoms with Crippen LogP contribution in [0, 0.1) is 31.6 Å². The van der Waals surface area contributed by atoms with Crippen molar-refractivity contribution in [3.05, 3.63) is 96.5 Å². The van der Waals surface area contributed by atoms with Gasteiger partial charge in [0.15, 0.2) is 5.78 Å². The van der Waals surface area contributed by atoms with Crippen LogP contribution in [0.3, 0.4) is 0 Å². The molecule has 0 aromatic carbocycles. The maximum atomic E-state index is 14.2. The first kappa shape index (κ1) is 37.6. The Bertz CT molecular complexity index is 2190. The Morgan fingerprint density at radius 2 is 1.71 bits per heavy atom. The topological polar surface area (TPSA) is 141 Å². The van der Waals surface area contributed by atoms with Crippen molar-refractivity contribution in [2.75, 3.05) is 13.7 Å². The van der Waals surface area contributed by atoms with Gasteiger partial charge in [0.25, 0.3) is 0 Å². The fourth-order valence-corrected chi connectivity index (χ4v) is 7.35. The molecule has 1 saturated heterocycles. The summed E-state index contributed by atoms with van der Waals surface area (Å²) < 4.78 is 10.7. The van der Waals surface area contributed by atoms with Crippen LogP contribution in [0.25, 0.3) is 29.9 Å². The number of nitrogens with zero attached hydrogens (tertiary/aromatic N) is 3. The van der Waals surface area contributed by atoms with Gasteiger partial charge in [-0.15, -0.1) is 33.5 Å². The quantitative estimate of drug-likeness (QED) is 0.116. The van der Waals surface area contributed by atoms with Gasteiger partial charge in [-0.25, -0.2) is 0 Å². The average Bonchev–Trinajstić information content (AvgIpc) is 3.83. The second-order valence-electron chi connectivity index (χ2n) is 13.3. The van der Waals surface area contributed by atoms with Crippen LogP contribution in [-0.2, 0) is 25.5 Å². The normalized spacial score (nSPS) is 22.3. The van der Waals surface area contributed by atoms with Gasteiger partial charge in [-0.2, -0.15) is 0 Å². The zero-order valence-electron chi connectivity index (χ0n) is 30.2. The fraction of sp³-hybridized carbons (Fsp3) is 0.350. The number of fused-ring (bicyclic) bond motifs is 7. The number of methoxy groups -OCH3 is 1. The number of allylic oxidation sites excluding steroid dienone is 3. The van der Waals surface area contributed by atoms with Crippen LogP contribution < -0.4 is 31.0 Å². The molecule has 0 radical (unpaired) electrons.